The number of hydrogen-bond acceptors (Lipinski definition) is 4. The number of halogens is 1. The number of rotatable bonds is 2. The molecule has 0 bridgehead atoms. The van der Waals surface area contributed by atoms with Crippen molar-refractivity contribution in [2.24, 2.45) is 5.10 Å². The summed E-state index contributed by atoms with van der Waals surface area (Å²) in [5.74, 6) is 0.179. The minimum Gasteiger partial charge on any atom is -0.507 e. The van der Waals surface area contributed by atoms with Crippen LogP contribution in [0.5, 0.6) is 5.75 Å². The molecule has 15 heavy (non-hydrogen) atoms. The minimum atomic E-state index is 0.179. The molecule has 2 N–H and O–H groups in total. The Morgan fingerprint density at radius 3 is 3.07 bits per heavy atom. The molecular weight excluding hydrogens is 296 g/mol. The van der Waals surface area contributed by atoms with Crippen molar-refractivity contribution in [2.75, 3.05) is 6.26 Å². The molecule has 0 aliphatic carbocycles. The minimum absolute atomic E-state index is 0.179. The zero-order valence-electron chi connectivity index (χ0n) is 7.90. The molecular formula is C9H9BrN2OS2. The van der Waals surface area contributed by atoms with Crippen LogP contribution in [0, 0.1) is 0 Å². The van der Waals surface area contributed by atoms with E-state index in [2.05, 4.69) is 26.5 Å². The fourth-order valence-corrected chi connectivity index (χ4v) is 1.40. The lowest BCUT2D eigenvalue weighted by Crippen LogP contribution is -2.10. The number of phenolic OH excluding ortho intramolecular Hbond substituents is 1. The van der Waals surface area contributed by atoms with Gasteiger partial charge in [0.1, 0.15) is 5.75 Å². The van der Waals surface area contributed by atoms with Crippen LogP contribution in [0.1, 0.15) is 5.56 Å². The van der Waals surface area contributed by atoms with E-state index in [0.29, 0.717) is 9.88 Å². The van der Waals surface area contributed by atoms with Gasteiger partial charge in [-0.1, -0.05) is 39.9 Å². The lowest BCUT2D eigenvalue weighted by molar-refractivity contribution is 0.474. The van der Waals surface area contributed by atoms with E-state index < -0.39 is 0 Å². The van der Waals surface area contributed by atoms with Gasteiger partial charge in [0.25, 0.3) is 0 Å². The van der Waals surface area contributed by atoms with E-state index >= 15 is 0 Å². The summed E-state index contributed by atoms with van der Waals surface area (Å²) in [6, 6.07) is 5.12. The zero-order valence-corrected chi connectivity index (χ0v) is 11.1. The van der Waals surface area contributed by atoms with Gasteiger partial charge in [-0.25, -0.2) is 0 Å². The van der Waals surface area contributed by atoms with Gasteiger partial charge in [-0.15, -0.1) is 0 Å². The summed E-state index contributed by atoms with van der Waals surface area (Å²) >= 11 is 9.61. The molecule has 6 heteroatoms. The maximum Gasteiger partial charge on any atom is 0.153 e. The highest BCUT2D eigenvalue weighted by Gasteiger charge is 1.98. The molecule has 1 aromatic carbocycles. The SMILES string of the molecule is CSC(=S)N/N=C/c1cc(Br)ccc1O. The summed E-state index contributed by atoms with van der Waals surface area (Å²) in [4.78, 5) is 0. The molecule has 0 spiro atoms. The first-order valence-electron chi connectivity index (χ1n) is 3.99. The molecule has 0 atom stereocenters. The number of nitrogens with zero attached hydrogens (tertiary/aromatic N) is 1. The Balaban J connectivity index is 2.71. The fraction of sp³-hybridized carbons (Fsp3) is 0.111. The first-order chi connectivity index (χ1) is 7.13. The maximum atomic E-state index is 9.48. The predicted molar refractivity (Wildman–Crippen MR) is 72.6 cm³/mol. The molecule has 0 aliphatic heterocycles. The zero-order chi connectivity index (χ0) is 11.3. The van der Waals surface area contributed by atoms with E-state index in [1.807, 2.05) is 6.26 Å². The summed E-state index contributed by atoms with van der Waals surface area (Å²) in [5.41, 5.74) is 3.29. The number of hydrogen-bond donors (Lipinski definition) is 2. The third-order valence-corrected chi connectivity index (χ3v) is 3.08. The van der Waals surface area contributed by atoms with Gasteiger partial charge < -0.3 is 5.11 Å². The normalized spacial score (nSPS) is 10.5. The molecule has 0 aliphatic rings. The third-order valence-electron chi connectivity index (χ3n) is 1.53. The monoisotopic (exact) mass is 304 g/mol. The van der Waals surface area contributed by atoms with E-state index in [-0.39, 0.29) is 5.75 Å². The predicted octanol–water partition coefficient (Wildman–Crippen LogP) is 2.73. The second kappa shape index (κ2) is 6.09. The van der Waals surface area contributed by atoms with Crippen molar-refractivity contribution in [3.63, 3.8) is 0 Å². The highest BCUT2D eigenvalue weighted by Crippen LogP contribution is 2.19. The molecule has 0 radical (unpaired) electrons. The Morgan fingerprint density at radius 1 is 1.67 bits per heavy atom. The van der Waals surface area contributed by atoms with Crippen LogP contribution in [0.2, 0.25) is 0 Å². The lowest BCUT2D eigenvalue weighted by atomic mass is 10.2. The molecule has 0 heterocycles. The van der Waals surface area contributed by atoms with E-state index in [1.54, 1.807) is 18.2 Å². The smallest absolute Gasteiger partial charge is 0.153 e. The first-order valence-corrected chi connectivity index (χ1v) is 6.41. The summed E-state index contributed by atoms with van der Waals surface area (Å²) in [7, 11) is 0. The van der Waals surface area contributed by atoms with Crippen LogP contribution in [0.4, 0.5) is 0 Å². The van der Waals surface area contributed by atoms with Crippen LogP contribution >= 0.6 is 39.9 Å². The number of hydrazone groups is 1. The lowest BCUT2D eigenvalue weighted by Gasteiger charge is -2.00. The first kappa shape index (κ1) is 12.5. The summed E-state index contributed by atoms with van der Waals surface area (Å²) < 4.78 is 1.47. The topological polar surface area (TPSA) is 44.6 Å². The molecule has 0 saturated carbocycles. The molecule has 3 nitrogen and oxygen atoms in total. The quantitative estimate of drug-likeness (QED) is 0.501. The van der Waals surface area contributed by atoms with Crippen molar-refractivity contribution in [3.8, 4) is 5.75 Å². The molecule has 0 unspecified atom stereocenters. The summed E-state index contributed by atoms with van der Waals surface area (Å²) in [5, 5.41) is 13.4. The van der Waals surface area contributed by atoms with Gasteiger partial charge in [0, 0.05) is 10.0 Å². The van der Waals surface area contributed by atoms with Gasteiger partial charge >= 0.3 is 0 Å². The number of aromatic hydroxyl groups is 1. The summed E-state index contributed by atoms with van der Waals surface area (Å²) in [6.45, 7) is 0. The van der Waals surface area contributed by atoms with Gasteiger partial charge in [0.05, 0.1) is 6.21 Å². The Morgan fingerprint density at radius 2 is 2.40 bits per heavy atom. The second-order valence-corrected chi connectivity index (χ2v) is 4.96. The van der Waals surface area contributed by atoms with Crippen LogP contribution in [0.15, 0.2) is 27.8 Å². The van der Waals surface area contributed by atoms with Crippen molar-refractivity contribution >= 4 is 50.4 Å². The average molecular weight is 305 g/mol. The largest absolute Gasteiger partial charge is 0.507 e. The van der Waals surface area contributed by atoms with Crippen molar-refractivity contribution in [1.29, 1.82) is 0 Å². The van der Waals surface area contributed by atoms with Crippen molar-refractivity contribution in [3.05, 3.63) is 28.2 Å². The van der Waals surface area contributed by atoms with E-state index in [0.717, 1.165) is 4.47 Å². The highest BCUT2D eigenvalue weighted by atomic mass is 79.9. The van der Waals surface area contributed by atoms with Crippen molar-refractivity contribution in [1.82, 2.24) is 5.43 Å². The van der Waals surface area contributed by atoms with Crippen LogP contribution in [0.3, 0.4) is 0 Å². The molecule has 1 aromatic rings. The fourth-order valence-electron chi connectivity index (χ4n) is 0.829. The van der Waals surface area contributed by atoms with Gasteiger partial charge in [0.2, 0.25) is 0 Å². The molecule has 0 aromatic heterocycles. The standard InChI is InChI=1S/C9H9BrN2OS2/c1-15-9(14)12-11-5-6-4-7(10)2-3-8(6)13/h2-5,13H,1H3,(H,12,14)/b11-5+. The van der Waals surface area contributed by atoms with Crippen molar-refractivity contribution < 1.29 is 5.11 Å². The van der Waals surface area contributed by atoms with E-state index in [4.69, 9.17) is 12.2 Å². The Bertz CT molecular complexity index is 396. The molecule has 1 rings (SSSR count). The van der Waals surface area contributed by atoms with E-state index in [9.17, 15) is 5.11 Å². The Hall–Kier alpha value is -0.590. The van der Waals surface area contributed by atoms with Gasteiger partial charge in [-0.2, -0.15) is 5.10 Å². The molecule has 80 valence electrons. The van der Waals surface area contributed by atoms with Crippen LogP contribution in [-0.4, -0.2) is 21.9 Å². The number of benzene rings is 1. The second-order valence-electron chi connectivity index (χ2n) is 2.56. The number of thioether (sulfide) groups is 1. The maximum absolute atomic E-state index is 9.48. The molecule has 0 saturated heterocycles. The van der Waals surface area contributed by atoms with Crippen LogP contribution in [0.25, 0.3) is 0 Å². The number of nitrogens with one attached hydrogen (secondary N) is 1. The Labute approximate surface area is 106 Å². The van der Waals surface area contributed by atoms with Crippen LogP contribution in [-0.2, 0) is 0 Å². The van der Waals surface area contributed by atoms with Gasteiger partial charge in [-0.05, 0) is 24.5 Å². The summed E-state index contributed by atoms with van der Waals surface area (Å²) in [6.07, 6.45) is 3.38. The number of phenols is 1. The van der Waals surface area contributed by atoms with Gasteiger partial charge in [-0.3, -0.25) is 5.43 Å². The highest BCUT2D eigenvalue weighted by molar-refractivity contribution is 9.10. The molecule has 0 fully saturated rings. The van der Waals surface area contributed by atoms with E-state index in [1.165, 1.54) is 18.0 Å². The van der Waals surface area contributed by atoms with Crippen LogP contribution < -0.4 is 5.43 Å². The average Bonchev–Trinajstić information content (AvgIpc) is 2.23. The van der Waals surface area contributed by atoms with Crippen molar-refractivity contribution in [2.45, 2.75) is 0 Å². The third kappa shape index (κ3) is 4.19. The molecule has 0 amide bonds. The number of thiocarbonyl (C=S) groups is 1. The van der Waals surface area contributed by atoms with Gasteiger partial charge in [0.15, 0.2) is 4.32 Å². The Kier molecular flexibility index (Phi) is 5.07.